The van der Waals surface area contributed by atoms with E-state index in [1.807, 2.05) is 0 Å². The maximum Gasteiger partial charge on any atom is 0.222 e. The monoisotopic (exact) mass is 986 g/mol. The normalized spacial score (nSPS) is 15.1. The lowest BCUT2D eigenvalue weighted by Gasteiger charge is -2.30. The minimum Gasteiger partial charge on any atom is -0.393 e. The second-order valence-electron chi connectivity index (χ2n) is 22.9. The average molecular weight is 987 g/mol. The van der Waals surface area contributed by atoms with Crippen LogP contribution < -0.4 is 0 Å². The second-order valence-corrected chi connectivity index (χ2v) is 22.9. The van der Waals surface area contributed by atoms with E-state index >= 15 is 0 Å². The molecule has 0 radical (unpaired) electrons. The zero-order chi connectivity index (χ0) is 50.6. The minimum absolute atomic E-state index is 0.103. The lowest BCUT2D eigenvalue weighted by Crippen LogP contribution is -2.33. The summed E-state index contributed by atoms with van der Waals surface area (Å²) >= 11 is 0. The van der Waals surface area contributed by atoms with E-state index in [9.17, 15) is 14.7 Å². The van der Waals surface area contributed by atoms with E-state index < -0.39 is 0 Å². The van der Waals surface area contributed by atoms with Crippen molar-refractivity contribution in [2.45, 2.75) is 348 Å². The van der Waals surface area contributed by atoms with Gasteiger partial charge in [0.05, 0.1) is 6.10 Å². The first-order chi connectivity index (χ1) is 34.5. The van der Waals surface area contributed by atoms with E-state index in [1.165, 1.54) is 276 Å². The van der Waals surface area contributed by atoms with Crippen LogP contribution >= 0.6 is 0 Å². The molecule has 0 unspecified atom stereocenters. The number of nitrogens with zero attached hydrogens (tertiary/aromatic N) is 3. The zero-order valence-electron chi connectivity index (χ0n) is 48.4. The van der Waals surface area contributed by atoms with Gasteiger partial charge < -0.3 is 19.8 Å². The summed E-state index contributed by atoms with van der Waals surface area (Å²) < 4.78 is 0. The number of hydrogen-bond donors (Lipinski definition) is 1. The molecular weight excluding hydrogens is 859 g/mol. The number of carbonyl (C=O) groups is 2. The molecule has 0 heterocycles. The molecule has 70 heavy (non-hydrogen) atoms. The minimum atomic E-state index is -0.103. The second kappa shape index (κ2) is 52.7. The van der Waals surface area contributed by atoms with Gasteiger partial charge in [-0.1, -0.05) is 259 Å². The Bertz CT molecular complexity index is 976. The topological polar surface area (TPSA) is 64.1 Å². The molecular formula is C64H127N3O3. The van der Waals surface area contributed by atoms with E-state index in [4.69, 9.17) is 0 Å². The van der Waals surface area contributed by atoms with Crippen LogP contribution in [0, 0.1) is 5.92 Å². The molecule has 6 heteroatoms. The van der Waals surface area contributed by atoms with Crippen molar-refractivity contribution < 1.29 is 14.7 Å². The third kappa shape index (κ3) is 42.2. The number of unbranched alkanes of at least 4 members (excludes halogenated alkanes) is 36. The fourth-order valence-electron chi connectivity index (χ4n) is 11.3. The van der Waals surface area contributed by atoms with Gasteiger partial charge in [0.2, 0.25) is 11.8 Å². The van der Waals surface area contributed by atoms with E-state index in [-0.39, 0.29) is 6.10 Å². The van der Waals surface area contributed by atoms with E-state index in [0.717, 1.165) is 84.3 Å². The lowest BCUT2D eigenvalue weighted by molar-refractivity contribution is -0.132. The molecule has 2 atom stereocenters. The molecule has 0 spiro atoms. The molecule has 0 aromatic carbocycles. The fourth-order valence-corrected chi connectivity index (χ4v) is 11.3. The molecule has 0 aliphatic heterocycles. The van der Waals surface area contributed by atoms with Gasteiger partial charge in [0.1, 0.15) is 0 Å². The largest absolute Gasteiger partial charge is 0.393 e. The summed E-state index contributed by atoms with van der Waals surface area (Å²) in [6.07, 6.45) is 61.2. The molecule has 416 valence electrons. The smallest absolute Gasteiger partial charge is 0.222 e. The molecule has 0 aromatic heterocycles. The third-order valence-electron chi connectivity index (χ3n) is 16.2. The molecule has 1 saturated carbocycles. The van der Waals surface area contributed by atoms with Crippen LogP contribution in [0.3, 0.4) is 0 Å². The van der Waals surface area contributed by atoms with Crippen LogP contribution in [0.15, 0.2) is 0 Å². The van der Waals surface area contributed by atoms with Gasteiger partial charge in [-0.25, -0.2) is 0 Å². The van der Waals surface area contributed by atoms with Crippen molar-refractivity contribution in [3.05, 3.63) is 0 Å². The fraction of sp³-hybridized carbons (Fsp3) is 0.969. The number of hydrogen-bond acceptors (Lipinski definition) is 4. The van der Waals surface area contributed by atoms with Gasteiger partial charge in [-0.15, -0.1) is 0 Å². The Hall–Kier alpha value is -1.14. The molecule has 0 bridgehead atoms. The van der Waals surface area contributed by atoms with Crippen LogP contribution in [0.5, 0.6) is 0 Å². The van der Waals surface area contributed by atoms with Crippen molar-refractivity contribution in [3.8, 4) is 0 Å². The van der Waals surface area contributed by atoms with Crippen LogP contribution in [0.4, 0.5) is 0 Å². The van der Waals surface area contributed by atoms with Crippen LogP contribution in [0.25, 0.3) is 0 Å². The summed E-state index contributed by atoms with van der Waals surface area (Å²) in [6.45, 7) is 16.5. The van der Waals surface area contributed by atoms with Crippen LogP contribution in [0.1, 0.15) is 342 Å². The SMILES string of the molecule is CCCCCCCCCCN(CCCCCCCCCC)C(=O)CCCCCCCN(CCCCCCCC(=O)N(CCCCCCCCCC)CCCCCCCCCC)CC[C@H]1CCCC[C@H]1O. The van der Waals surface area contributed by atoms with Crippen molar-refractivity contribution >= 4 is 11.8 Å². The van der Waals surface area contributed by atoms with Crippen LogP contribution in [0.2, 0.25) is 0 Å². The van der Waals surface area contributed by atoms with Crippen molar-refractivity contribution in [2.24, 2.45) is 5.92 Å². The van der Waals surface area contributed by atoms with Gasteiger partial charge in [-0.2, -0.15) is 0 Å². The predicted molar refractivity (Wildman–Crippen MR) is 308 cm³/mol. The highest BCUT2D eigenvalue weighted by molar-refractivity contribution is 5.76. The Balaban J connectivity index is 2.49. The number of aliphatic hydroxyl groups is 1. The Morgan fingerprint density at radius 2 is 0.586 bits per heavy atom. The summed E-state index contributed by atoms with van der Waals surface area (Å²) in [4.78, 5) is 34.2. The highest BCUT2D eigenvalue weighted by Crippen LogP contribution is 2.27. The highest BCUT2D eigenvalue weighted by atomic mass is 16.3. The molecule has 0 saturated heterocycles. The van der Waals surface area contributed by atoms with Gasteiger partial charge in [-0.3, -0.25) is 9.59 Å². The molecule has 1 aliphatic carbocycles. The highest BCUT2D eigenvalue weighted by Gasteiger charge is 2.23. The molecule has 2 amide bonds. The van der Waals surface area contributed by atoms with Crippen LogP contribution in [-0.2, 0) is 9.59 Å². The predicted octanol–water partition coefficient (Wildman–Crippen LogP) is 19.1. The Morgan fingerprint density at radius 1 is 0.329 bits per heavy atom. The molecule has 6 nitrogen and oxygen atoms in total. The maximum atomic E-state index is 13.5. The molecule has 1 fully saturated rings. The molecule has 0 aromatic rings. The first-order valence-corrected chi connectivity index (χ1v) is 32.4. The Labute approximate surface area is 439 Å². The summed E-state index contributed by atoms with van der Waals surface area (Å²) in [5.41, 5.74) is 0. The average Bonchev–Trinajstić information content (AvgIpc) is 3.36. The number of amides is 2. The molecule has 1 rings (SSSR count). The van der Waals surface area contributed by atoms with E-state index in [1.54, 1.807) is 0 Å². The van der Waals surface area contributed by atoms with Gasteiger partial charge in [-0.05, 0) is 96.2 Å². The quantitative estimate of drug-likeness (QED) is 0.0617. The van der Waals surface area contributed by atoms with Crippen LogP contribution in [-0.4, -0.2) is 83.5 Å². The summed E-state index contributed by atoms with van der Waals surface area (Å²) in [7, 11) is 0. The Morgan fingerprint density at radius 3 is 0.886 bits per heavy atom. The summed E-state index contributed by atoms with van der Waals surface area (Å²) in [5.74, 6) is 1.31. The van der Waals surface area contributed by atoms with Gasteiger partial charge in [0.25, 0.3) is 0 Å². The summed E-state index contributed by atoms with van der Waals surface area (Å²) in [5, 5.41) is 10.7. The van der Waals surface area contributed by atoms with Gasteiger partial charge in [0.15, 0.2) is 0 Å². The van der Waals surface area contributed by atoms with E-state index in [0.29, 0.717) is 17.7 Å². The third-order valence-corrected chi connectivity index (χ3v) is 16.2. The number of rotatable bonds is 55. The lowest BCUT2D eigenvalue weighted by atomic mass is 9.84. The first-order valence-electron chi connectivity index (χ1n) is 32.4. The number of carbonyl (C=O) groups excluding carboxylic acids is 2. The van der Waals surface area contributed by atoms with Crippen molar-refractivity contribution in [2.75, 3.05) is 45.8 Å². The van der Waals surface area contributed by atoms with Crippen molar-refractivity contribution in [3.63, 3.8) is 0 Å². The Kier molecular flexibility index (Phi) is 50.4. The maximum absolute atomic E-state index is 13.5. The molecule has 1 aliphatic rings. The zero-order valence-corrected chi connectivity index (χ0v) is 48.4. The summed E-state index contributed by atoms with van der Waals surface area (Å²) in [6, 6.07) is 0. The van der Waals surface area contributed by atoms with Gasteiger partial charge >= 0.3 is 0 Å². The van der Waals surface area contributed by atoms with Crippen molar-refractivity contribution in [1.29, 1.82) is 0 Å². The number of aliphatic hydroxyl groups excluding tert-OH is 1. The van der Waals surface area contributed by atoms with Crippen molar-refractivity contribution in [1.82, 2.24) is 14.7 Å². The first kappa shape index (κ1) is 66.9. The standard InChI is InChI=1S/C64H127N3O3/c1-5-9-13-17-21-25-35-45-56-66(57-46-36-26-22-18-14-10-6-2)63(69)51-39-31-29-33-43-54-65(60-53-61-49-41-42-50-62(61)68)55-44-34-30-32-40-52-64(70)67(58-47-37-27-23-19-15-11-7-3)59-48-38-28-24-20-16-12-8-4/h61-62,68H,5-60H2,1-4H3/t61-,62-/m1/s1. The van der Waals surface area contributed by atoms with E-state index in [2.05, 4.69) is 42.4 Å². The molecule has 1 N–H and O–H groups in total. The van der Waals surface area contributed by atoms with Gasteiger partial charge in [0, 0.05) is 39.0 Å².